The van der Waals surface area contributed by atoms with E-state index in [4.69, 9.17) is 5.73 Å². The lowest BCUT2D eigenvalue weighted by Crippen LogP contribution is -2.35. The molecule has 0 amide bonds. The predicted molar refractivity (Wildman–Crippen MR) is 68.5 cm³/mol. The molecule has 2 N–H and O–H groups in total. The Labute approximate surface area is 104 Å². The Morgan fingerprint density at radius 3 is 2.82 bits per heavy atom. The fraction of sp³-hybridized carbons (Fsp3) is 0.308. The van der Waals surface area contributed by atoms with Gasteiger partial charge in [-0.05, 0) is 31.5 Å². The first-order valence-electron chi connectivity index (χ1n) is 5.43. The second-order valence-corrected chi connectivity index (χ2v) is 5.43. The maximum atomic E-state index is 13.2. The van der Waals surface area contributed by atoms with Crippen LogP contribution in [0.3, 0.4) is 0 Å². The zero-order valence-electron chi connectivity index (χ0n) is 9.90. The first-order valence-corrected chi connectivity index (χ1v) is 6.31. The minimum Gasteiger partial charge on any atom is -0.321 e. The Morgan fingerprint density at radius 1 is 1.47 bits per heavy atom. The van der Waals surface area contributed by atoms with Crippen molar-refractivity contribution in [1.82, 2.24) is 4.98 Å². The second-order valence-electron chi connectivity index (χ2n) is 4.49. The highest BCUT2D eigenvalue weighted by Crippen LogP contribution is 2.24. The Balaban J connectivity index is 2.24. The molecule has 4 heteroatoms. The maximum absolute atomic E-state index is 13.2. The SMILES string of the molecule is Cc1csc(CC(C)(N)c2cccc(F)c2)n1. The molecular weight excluding hydrogens is 235 g/mol. The van der Waals surface area contributed by atoms with Crippen LogP contribution in [0.1, 0.15) is 23.2 Å². The molecule has 1 atom stereocenters. The van der Waals surface area contributed by atoms with Gasteiger partial charge in [0.25, 0.3) is 0 Å². The number of benzene rings is 1. The molecule has 1 heterocycles. The maximum Gasteiger partial charge on any atom is 0.123 e. The monoisotopic (exact) mass is 250 g/mol. The Morgan fingerprint density at radius 2 is 2.24 bits per heavy atom. The van der Waals surface area contributed by atoms with E-state index in [0.717, 1.165) is 16.3 Å². The van der Waals surface area contributed by atoms with Gasteiger partial charge < -0.3 is 5.73 Å². The van der Waals surface area contributed by atoms with Gasteiger partial charge in [0.05, 0.1) is 5.01 Å². The van der Waals surface area contributed by atoms with E-state index in [-0.39, 0.29) is 5.82 Å². The molecule has 2 rings (SSSR count). The molecule has 0 saturated carbocycles. The summed E-state index contributed by atoms with van der Waals surface area (Å²) in [5, 5.41) is 2.98. The van der Waals surface area contributed by atoms with Gasteiger partial charge in [-0.25, -0.2) is 9.37 Å². The molecule has 1 aromatic carbocycles. The number of rotatable bonds is 3. The van der Waals surface area contributed by atoms with Gasteiger partial charge in [0.15, 0.2) is 0 Å². The summed E-state index contributed by atoms with van der Waals surface area (Å²) in [5.74, 6) is -0.255. The molecule has 90 valence electrons. The number of thiazole rings is 1. The lowest BCUT2D eigenvalue weighted by molar-refractivity contribution is 0.485. The van der Waals surface area contributed by atoms with Crippen molar-refractivity contribution in [2.75, 3.05) is 0 Å². The summed E-state index contributed by atoms with van der Waals surface area (Å²) in [4.78, 5) is 4.39. The molecule has 1 unspecified atom stereocenters. The molecular formula is C13H15FN2S. The molecule has 0 fully saturated rings. The van der Waals surface area contributed by atoms with E-state index in [1.165, 1.54) is 12.1 Å². The van der Waals surface area contributed by atoms with Gasteiger partial charge in [-0.15, -0.1) is 11.3 Å². The van der Waals surface area contributed by atoms with Crippen LogP contribution in [0.15, 0.2) is 29.6 Å². The summed E-state index contributed by atoms with van der Waals surface area (Å²) in [6, 6.07) is 6.44. The van der Waals surface area contributed by atoms with Crippen molar-refractivity contribution < 1.29 is 4.39 Å². The number of halogens is 1. The van der Waals surface area contributed by atoms with Crippen molar-refractivity contribution in [3.05, 3.63) is 51.7 Å². The molecule has 0 saturated heterocycles. The Kier molecular flexibility index (Phi) is 3.26. The van der Waals surface area contributed by atoms with Crippen LogP contribution < -0.4 is 5.73 Å². The minimum absolute atomic E-state index is 0.255. The molecule has 0 bridgehead atoms. The standard InChI is InChI=1S/C13H15FN2S/c1-9-8-17-12(16-9)7-13(2,15)10-4-3-5-11(14)6-10/h3-6,8H,7,15H2,1-2H3. The number of aromatic nitrogens is 1. The quantitative estimate of drug-likeness (QED) is 0.909. The third-order valence-corrected chi connectivity index (χ3v) is 3.64. The van der Waals surface area contributed by atoms with Gasteiger partial charge >= 0.3 is 0 Å². The fourth-order valence-electron chi connectivity index (χ4n) is 1.74. The zero-order chi connectivity index (χ0) is 12.5. The third kappa shape index (κ3) is 2.90. The second kappa shape index (κ2) is 4.55. The van der Waals surface area contributed by atoms with Crippen LogP contribution in [0.5, 0.6) is 0 Å². The normalized spacial score (nSPS) is 14.6. The topological polar surface area (TPSA) is 38.9 Å². The van der Waals surface area contributed by atoms with Gasteiger partial charge in [-0.3, -0.25) is 0 Å². The average Bonchev–Trinajstić information content (AvgIpc) is 2.63. The number of aryl methyl sites for hydroxylation is 1. The largest absolute Gasteiger partial charge is 0.321 e. The van der Waals surface area contributed by atoms with Crippen molar-refractivity contribution in [3.8, 4) is 0 Å². The Bertz CT molecular complexity index is 520. The molecule has 0 radical (unpaired) electrons. The van der Waals surface area contributed by atoms with Gasteiger partial charge in [0, 0.05) is 23.0 Å². The zero-order valence-corrected chi connectivity index (χ0v) is 10.7. The molecule has 0 aliphatic heterocycles. The summed E-state index contributed by atoms with van der Waals surface area (Å²) >= 11 is 1.59. The highest BCUT2D eigenvalue weighted by Gasteiger charge is 2.23. The van der Waals surface area contributed by atoms with E-state index >= 15 is 0 Å². The molecule has 2 aromatic rings. The molecule has 1 aromatic heterocycles. The number of nitrogens with two attached hydrogens (primary N) is 1. The van der Waals surface area contributed by atoms with Crippen LogP contribution >= 0.6 is 11.3 Å². The van der Waals surface area contributed by atoms with Crippen LogP contribution in [-0.4, -0.2) is 4.98 Å². The smallest absolute Gasteiger partial charge is 0.123 e. The lowest BCUT2D eigenvalue weighted by atomic mass is 9.90. The first kappa shape index (κ1) is 12.2. The third-order valence-electron chi connectivity index (χ3n) is 2.67. The fourth-order valence-corrected chi connectivity index (χ4v) is 2.68. The van der Waals surface area contributed by atoms with Crippen molar-refractivity contribution in [2.45, 2.75) is 25.8 Å². The van der Waals surface area contributed by atoms with Crippen LogP contribution in [0.2, 0.25) is 0 Å². The highest BCUT2D eigenvalue weighted by molar-refractivity contribution is 7.09. The van der Waals surface area contributed by atoms with Gasteiger partial charge in [-0.1, -0.05) is 12.1 Å². The minimum atomic E-state index is -0.591. The average molecular weight is 250 g/mol. The highest BCUT2D eigenvalue weighted by atomic mass is 32.1. The van der Waals surface area contributed by atoms with Crippen molar-refractivity contribution >= 4 is 11.3 Å². The predicted octanol–water partition coefficient (Wildman–Crippen LogP) is 3.01. The summed E-state index contributed by atoms with van der Waals surface area (Å²) in [6.45, 7) is 3.86. The van der Waals surface area contributed by atoms with E-state index in [1.807, 2.05) is 25.3 Å². The van der Waals surface area contributed by atoms with Crippen LogP contribution in [0.25, 0.3) is 0 Å². The first-order chi connectivity index (χ1) is 7.97. The molecule has 0 aliphatic carbocycles. The molecule has 0 spiro atoms. The van der Waals surface area contributed by atoms with E-state index in [1.54, 1.807) is 17.4 Å². The molecule has 17 heavy (non-hydrogen) atoms. The summed E-state index contributed by atoms with van der Waals surface area (Å²) in [6.07, 6.45) is 0.620. The van der Waals surface area contributed by atoms with Crippen molar-refractivity contribution in [1.29, 1.82) is 0 Å². The number of hydrogen-bond acceptors (Lipinski definition) is 3. The van der Waals surface area contributed by atoms with Crippen LogP contribution in [0.4, 0.5) is 4.39 Å². The van der Waals surface area contributed by atoms with Gasteiger partial charge in [0.2, 0.25) is 0 Å². The van der Waals surface area contributed by atoms with Crippen molar-refractivity contribution in [3.63, 3.8) is 0 Å². The van der Waals surface area contributed by atoms with Gasteiger partial charge in [-0.2, -0.15) is 0 Å². The van der Waals surface area contributed by atoms with E-state index in [0.29, 0.717) is 6.42 Å². The van der Waals surface area contributed by atoms with Crippen LogP contribution in [0, 0.1) is 12.7 Å². The summed E-state index contributed by atoms with van der Waals surface area (Å²) in [5.41, 5.74) is 7.45. The van der Waals surface area contributed by atoms with Crippen LogP contribution in [-0.2, 0) is 12.0 Å². The van der Waals surface area contributed by atoms with Gasteiger partial charge in [0.1, 0.15) is 5.82 Å². The number of nitrogens with zero attached hydrogens (tertiary/aromatic N) is 1. The lowest BCUT2D eigenvalue weighted by Gasteiger charge is -2.24. The van der Waals surface area contributed by atoms with Crippen molar-refractivity contribution in [2.24, 2.45) is 5.73 Å². The molecule has 0 aliphatic rings. The Hall–Kier alpha value is -1.26. The van der Waals surface area contributed by atoms with E-state index < -0.39 is 5.54 Å². The summed E-state index contributed by atoms with van der Waals surface area (Å²) in [7, 11) is 0. The molecule has 2 nitrogen and oxygen atoms in total. The van der Waals surface area contributed by atoms with E-state index in [2.05, 4.69) is 4.98 Å². The number of hydrogen-bond donors (Lipinski definition) is 1. The van der Waals surface area contributed by atoms with E-state index in [9.17, 15) is 4.39 Å². The summed E-state index contributed by atoms with van der Waals surface area (Å²) < 4.78 is 13.2.